The average Bonchev–Trinajstić information content (AvgIpc) is 2.68. The van der Waals surface area contributed by atoms with E-state index in [0.29, 0.717) is 24.3 Å². The number of fused-ring (bicyclic) bond motifs is 1. The van der Waals surface area contributed by atoms with Crippen LogP contribution in [0, 0.1) is 5.92 Å². The number of amides is 1. The van der Waals surface area contributed by atoms with E-state index in [4.69, 9.17) is 4.98 Å². The minimum absolute atomic E-state index is 0.333. The third-order valence-corrected chi connectivity index (χ3v) is 6.20. The maximum absolute atomic E-state index is 12.7. The molecule has 5 nitrogen and oxygen atoms in total. The van der Waals surface area contributed by atoms with E-state index >= 15 is 0 Å². The molecule has 1 saturated carbocycles. The van der Waals surface area contributed by atoms with E-state index in [1.54, 1.807) is 0 Å². The molecule has 25 heavy (non-hydrogen) atoms. The lowest BCUT2D eigenvalue weighted by Crippen LogP contribution is -2.37. The summed E-state index contributed by atoms with van der Waals surface area (Å²) >= 11 is 0. The van der Waals surface area contributed by atoms with Crippen LogP contribution in [0.3, 0.4) is 0 Å². The Morgan fingerprint density at radius 2 is 1.96 bits per heavy atom. The van der Waals surface area contributed by atoms with Crippen molar-refractivity contribution in [1.29, 1.82) is 0 Å². The zero-order valence-corrected chi connectivity index (χ0v) is 15.2. The summed E-state index contributed by atoms with van der Waals surface area (Å²) in [6, 6.07) is 0. The van der Waals surface area contributed by atoms with E-state index in [-0.39, 0.29) is 0 Å². The molecular formula is C20H30N4O. The van der Waals surface area contributed by atoms with Crippen molar-refractivity contribution >= 4 is 5.91 Å². The number of aromatic nitrogens is 2. The van der Waals surface area contributed by atoms with Crippen molar-refractivity contribution in [1.82, 2.24) is 20.2 Å². The monoisotopic (exact) mass is 342 g/mol. The second-order valence-electron chi connectivity index (χ2n) is 8.00. The zero-order chi connectivity index (χ0) is 17.1. The lowest BCUT2D eigenvalue weighted by molar-refractivity contribution is -0.133. The minimum Gasteiger partial charge on any atom is -0.338 e. The highest BCUT2D eigenvalue weighted by Gasteiger charge is 2.26. The Morgan fingerprint density at radius 1 is 1.16 bits per heavy atom. The molecule has 1 N–H and O–H groups in total. The standard InChI is InChI=1S/C20H30N4O/c25-19(12-15-4-2-1-3-5-15)24-11-8-18-17(14-24)13-22-20(23-18)16-6-9-21-10-7-16/h13,15-16,21H,1-12,14H2. The van der Waals surface area contributed by atoms with Gasteiger partial charge >= 0.3 is 0 Å². The van der Waals surface area contributed by atoms with Gasteiger partial charge in [-0.1, -0.05) is 19.3 Å². The molecule has 0 bridgehead atoms. The largest absolute Gasteiger partial charge is 0.338 e. The van der Waals surface area contributed by atoms with E-state index in [0.717, 1.165) is 56.7 Å². The van der Waals surface area contributed by atoms with E-state index < -0.39 is 0 Å². The molecule has 4 rings (SSSR count). The van der Waals surface area contributed by atoms with Crippen LogP contribution in [0.4, 0.5) is 0 Å². The molecule has 0 radical (unpaired) electrons. The van der Waals surface area contributed by atoms with Gasteiger partial charge < -0.3 is 10.2 Å². The van der Waals surface area contributed by atoms with Gasteiger partial charge in [-0.2, -0.15) is 0 Å². The summed E-state index contributed by atoms with van der Waals surface area (Å²) in [5.41, 5.74) is 2.33. The molecule has 1 saturated heterocycles. The van der Waals surface area contributed by atoms with Crippen molar-refractivity contribution in [3.63, 3.8) is 0 Å². The number of hydrogen-bond donors (Lipinski definition) is 1. The van der Waals surface area contributed by atoms with Gasteiger partial charge in [0.2, 0.25) is 5.91 Å². The van der Waals surface area contributed by atoms with Crippen LogP contribution in [0.5, 0.6) is 0 Å². The van der Waals surface area contributed by atoms with Crippen LogP contribution in [-0.4, -0.2) is 40.4 Å². The van der Waals surface area contributed by atoms with Crippen molar-refractivity contribution in [2.45, 2.75) is 70.3 Å². The molecule has 0 unspecified atom stereocenters. The van der Waals surface area contributed by atoms with Crippen molar-refractivity contribution < 1.29 is 4.79 Å². The zero-order valence-electron chi connectivity index (χ0n) is 15.2. The first-order valence-corrected chi connectivity index (χ1v) is 10.1. The first-order valence-electron chi connectivity index (χ1n) is 10.1. The fraction of sp³-hybridized carbons (Fsp3) is 0.750. The molecule has 136 valence electrons. The van der Waals surface area contributed by atoms with Gasteiger partial charge in [-0.15, -0.1) is 0 Å². The molecule has 0 atom stereocenters. The highest BCUT2D eigenvalue weighted by molar-refractivity contribution is 5.76. The van der Waals surface area contributed by atoms with Gasteiger partial charge in [0.1, 0.15) is 5.82 Å². The first-order chi connectivity index (χ1) is 12.3. The van der Waals surface area contributed by atoms with Crippen LogP contribution in [0.2, 0.25) is 0 Å². The quantitative estimate of drug-likeness (QED) is 0.918. The molecule has 3 aliphatic rings. The summed E-state index contributed by atoms with van der Waals surface area (Å²) in [6.45, 7) is 3.65. The van der Waals surface area contributed by atoms with Gasteiger partial charge in [-0.05, 0) is 44.7 Å². The van der Waals surface area contributed by atoms with E-state index in [1.165, 1.54) is 37.8 Å². The maximum atomic E-state index is 12.7. The molecule has 3 heterocycles. The Hall–Kier alpha value is -1.49. The molecule has 1 aromatic heterocycles. The maximum Gasteiger partial charge on any atom is 0.223 e. The summed E-state index contributed by atoms with van der Waals surface area (Å²) in [4.78, 5) is 24.2. The number of nitrogens with one attached hydrogen (secondary N) is 1. The highest BCUT2D eigenvalue weighted by atomic mass is 16.2. The van der Waals surface area contributed by atoms with Crippen LogP contribution in [0.25, 0.3) is 0 Å². The number of carbonyl (C=O) groups is 1. The Labute approximate surface area is 150 Å². The minimum atomic E-state index is 0.333. The Balaban J connectivity index is 1.38. The summed E-state index contributed by atoms with van der Waals surface area (Å²) in [5, 5.41) is 3.40. The number of nitrogens with zero attached hydrogens (tertiary/aromatic N) is 3. The topological polar surface area (TPSA) is 58.1 Å². The number of piperidine rings is 1. The summed E-state index contributed by atoms with van der Waals surface area (Å²) < 4.78 is 0. The average molecular weight is 342 g/mol. The molecular weight excluding hydrogens is 312 g/mol. The van der Waals surface area contributed by atoms with Crippen molar-refractivity contribution in [3.05, 3.63) is 23.3 Å². The van der Waals surface area contributed by atoms with Crippen molar-refractivity contribution in [3.8, 4) is 0 Å². The molecule has 2 fully saturated rings. The van der Waals surface area contributed by atoms with Crippen LogP contribution in [0.15, 0.2) is 6.20 Å². The van der Waals surface area contributed by atoms with Crippen molar-refractivity contribution in [2.75, 3.05) is 19.6 Å². The molecule has 0 aromatic carbocycles. The molecule has 1 aliphatic carbocycles. The van der Waals surface area contributed by atoms with E-state index in [2.05, 4.69) is 10.3 Å². The third kappa shape index (κ3) is 4.02. The highest BCUT2D eigenvalue weighted by Crippen LogP contribution is 2.28. The molecule has 1 aromatic rings. The van der Waals surface area contributed by atoms with Crippen LogP contribution in [0.1, 0.15) is 74.4 Å². The molecule has 5 heteroatoms. The lowest BCUT2D eigenvalue weighted by atomic mass is 9.86. The van der Waals surface area contributed by atoms with Crippen LogP contribution < -0.4 is 5.32 Å². The first kappa shape index (κ1) is 17.0. The molecule has 0 spiro atoms. The number of carbonyl (C=O) groups excluding carboxylic acids is 1. The van der Waals surface area contributed by atoms with Gasteiger partial charge in [0.15, 0.2) is 0 Å². The summed E-state index contributed by atoms with van der Waals surface area (Å²) in [6.07, 6.45) is 12.3. The Morgan fingerprint density at radius 3 is 2.76 bits per heavy atom. The second-order valence-corrected chi connectivity index (χ2v) is 8.00. The Kier molecular flexibility index (Phi) is 5.30. The summed E-state index contributed by atoms with van der Waals surface area (Å²) in [5.74, 6) is 2.46. The van der Waals surface area contributed by atoms with Gasteiger partial charge in [0, 0.05) is 43.6 Å². The lowest BCUT2D eigenvalue weighted by Gasteiger charge is -2.31. The predicted molar refractivity (Wildman–Crippen MR) is 97.2 cm³/mol. The van der Waals surface area contributed by atoms with Gasteiger partial charge in [0.05, 0.1) is 5.69 Å². The normalized spacial score (nSPS) is 22.6. The summed E-state index contributed by atoms with van der Waals surface area (Å²) in [7, 11) is 0. The second kappa shape index (κ2) is 7.81. The third-order valence-electron chi connectivity index (χ3n) is 6.20. The smallest absolute Gasteiger partial charge is 0.223 e. The molecule has 2 aliphatic heterocycles. The fourth-order valence-corrected chi connectivity index (χ4v) is 4.59. The SMILES string of the molecule is O=C(CC1CCCCC1)N1CCc2nc(C3CCNCC3)ncc2C1. The Bertz CT molecular complexity index is 606. The van der Waals surface area contributed by atoms with Crippen LogP contribution >= 0.6 is 0 Å². The fourth-order valence-electron chi connectivity index (χ4n) is 4.59. The number of rotatable bonds is 3. The van der Waals surface area contributed by atoms with Crippen LogP contribution in [-0.2, 0) is 17.8 Å². The van der Waals surface area contributed by atoms with E-state index in [9.17, 15) is 4.79 Å². The van der Waals surface area contributed by atoms with Gasteiger partial charge in [0.25, 0.3) is 0 Å². The van der Waals surface area contributed by atoms with Gasteiger partial charge in [-0.25, -0.2) is 9.97 Å². The van der Waals surface area contributed by atoms with E-state index in [1.807, 2.05) is 11.1 Å². The predicted octanol–water partition coefficient (Wildman–Crippen LogP) is 2.80. The molecule has 1 amide bonds. The number of hydrogen-bond acceptors (Lipinski definition) is 4. The van der Waals surface area contributed by atoms with Crippen molar-refractivity contribution in [2.24, 2.45) is 5.92 Å². The van der Waals surface area contributed by atoms with Gasteiger partial charge in [-0.3, -0.25) is 4.79 Å².